The number of fused-ring (bicyclic) bond motifs is 1. The standard InChI is InChI=1S/C19H20FN3O/c1-2-15-16-12-13(20)8-9-17(16)23-18(15)19(24)22-11-5-7-14-6-3-4-10-21-14/h3-4,6,8-10,12,23H,2,5,7,11H2,1H3,(H,22,24). The number of hydrogen-bond donors (Lipinski definition) is 2. The van der Waals surface area contributed by atoms with Crippen molar-refractivity contribution in [1.29, 1.82) is 0 Å². The molecule has 0 bridgehead atoms. The monoisotopic (exact) mass is 325 g/mol. The van der Waals surface area contributed by atoms with Crippen LogP contribution in [0, 0.1) is 5.82 Å². The molecule has 1 aromatic carbocycles. The zero-order valence-electron chi connectivity index (χ0n) is 13.6. The van der Waals surface area contributed by atoms with Crippen LogP contribution in [0.3, 0.4) is 0 Å². The second-order valence-corrected chi connectivity index (χ2v) is 5.70. The van der Waals surface area contributed by atoms with Crippen LogP contribution in [0.15, 0.2) is 42.6 Å². The molecule has 0 saturated heterocycles. The van der Waals surface area contributed by atoms with Crippen molar-refractivity contribution in [3.05, 3.63) is 65.4 Å². The van der Waals surface area contributed by atoms with Gasteiger partial charge in [-0.3, -0.25) is 9.78 Å². The summed E-state index contributed by atoms with van der Waals surface area (Å²) in [7, 11) is 0. The van der Waals surface area contributed by atoms with Crippen molar-refractivity contribution in [2.75, 3.05) is 6.54 Å². The second kappa shape index (κ2) is 7.25. The Hall–Kier alpha value is -2.69. The van der Waals surface area contributed by atoms with E-state index in [0.29, 0.717) is 18.7 Å². The second-order valence-electron chi connectivity index (χ2n) is 5.70. The number of H-pyrrole nitrogens is 1. The first-order valence-corrected chi connectivity index (χ1v) is 8.17. The molecule has 0 fully saturated rings. The molecule has 0 unspecified atom stereocenters. The third-order valence-corrected chi connectivity index (χ3v) is 4.07. The van der Waals surface area contributed by atoms with Gasteiger partial charge < -0.3 is 10.3 Å². The van der Waals surface area contributed by atoms with E-state index in [9.17, 15) is 9.18 Å². The first kappa shape index (κ1) is 16.2. The molecule has 0 spiro atoms. The van der Waals surface area contributed by atoms with Gasteiger partial charge in [-0.15, -0.1) is 0 Å². The maximum atomic E-state index is 13.5. The smallest absolute Gasteiger partial charge is 0.268 e. The van der Waals surface area contributed by atoms with Gasteiger partial charge in [0.15, 0.2) is 0 Å². The minimum absolute atomic E-state index is 0.149. The van der Waals surface area contributed by atoms with Crippen molar-refractivity contribution in [2.45, 2.75) is 26.2 Å². The molecule has 1 amide bonds. The van der Waals surface area contributed by atoms with Gasteiger partial charge in [0, 0.05) is 29.3 Å². The van der Waals surface area contributed by atoms with Crippen molar-refractivity contribution < 1.29 is 9.18 Å². The Bertz CT molecular complexity index is 842. The summed E-state index contributed by atoms with van der Waals surface area (Å²) in [4.78, 5) is 19.8. The van der Waals surface area contributed by atoms with E-state index in [0.717, 1.165) is 35.0 Å². The van der Waals surface area contributed by atoms with Crippen LogP contribution in [-0.2, 0) is 12.8 Å². The maximum absolute atomic E-state index is 13.5. The largest absolute Gasteiger partial charge is 0.351 e. The van der Waals surface area contributed by atoms with Gasteiger partial charge in [0.05, 0.1) is 0 Å². The van der Waals surface area contributed by atoms with Gasteiger partial charge in [-0.2, -0.15) is 0 Å². The van der Waals surface area contributed by atoms with Crippen molar-refractivity contribution >= 4 is 16.8 Å². The van der Waals surface area contributed by atoms with Crippen LogP contribution in [0.1, 0.15) is 35.1 Å². The lowest BCUT2D eigenvalue weighted by atomic mass is 10.1. The molecule has 0 atom stereocenters. The van der Waals surface area contributed by atoms with Crippen LogP contribution in [0.5, 0.6) is 0 Å². The van der Waals surface area contributed by atoms with E-state index in [2.05, 4.69) is 15.3 Å². The molecule has 2 heterocycles. The number of aromatic nitrogens is 2. The summed E-state index contributed by atoms with van der Waals surface area (Å²) in [5.74, 6) is -0.442. The summed E-state index contributed by atoms with van der Waals surface area (Å²) >= 11 is 0. The summed E-state index contributed by atoms with van der Waals surface area (Å²) in [5, 5.41) is 3.70. The molecule has 2 N–H and O–H groups in total. The molecule has 24 heavy (non-hydrogen) atoms. The molecule has 0 saturated carbocycles. The van der Waals surface area contributed by atoms with Gasteiger partial charge in [-0.25, -0.2) is 4.39 Å². The van der Waals surface area contributed by atoms with Crippen molar-refractivity contribution in [2.24, 2.45) is 0 Å². The number of aromatic amines is 1. The van der Waals surface area contributed by atoms with Crippen LogP contribution in [0.25, 0.3) is 10.9 Å². The first-order valence-electron chi connectivity index (χ1n) is 8.17. The lowest BCUT2D eigenvalue weighted by Crippen LogP contribution is -2.26. The number of rotatable bonds is 6. The number of hydrogen-bond acceptors (Lipinski definition) is 2. The maximum Gasteiger partial charge on any atom is 0.268 e. The fourth-order valence-electron chi connectivity index (χ4n) is 2.89. The minimum atomic E-state index is -0.293. The highest BCUT2D eigenvalue weighted by atomic mass is 19.1. The molecule has 3 aromatic rings. The molecule has 4 nitrogen and oxygen atoms in total. The molecule has 0 aliphatic rings. The summed E-state index contributed by atoms with van der Waals surface area (Å²) in [6, 6.07) is 10.4. The summed E-state index contributed by atoms with van der Waals surface area (Å²) in [5.41, 5.74) is 3.18. The van der Waals surface area contributed by atoms with Crippen LogP contribution in [-0.4, -0.2) is 22.4 Å². The number of nitrogens with zero attached hydrogens (tertiary/aromatic N) is 1. The molecular weight excluding hydrogens is 305 g/mol. The SMILES string of the molecule is CCc1c(C(=O)NCCCc2ccccn2)[nH]c2ccc(F)cc12. The summed E-state index contributed by atoms with van der Waals surface area (Å²) < 4.78 is 13.5. The van der Waals surface area contributed by atoms with E-state index < -0.39 is 0 Å². The fourth-order valence-corrected chi connectivity index (χ4v) is 2.89. The third-order valence-electron chi connectivity index (χ3n) is 4.07. The van der Waals surface area contributed by atoms with E-state index in [-0.39, 0.29) is 11.7 Å². The average Bonchev–Trinajstić information content (AvgIpc) is 2.97. The Morgan fingerprint density at radius 2 is 2.17 bits per heavy atom. The average molecular weight is 325 g/mol. The lowest BCUT2D eigenvalue weighted by Gasteiger charge is -2.05. The molecule has 0 aliphatic carbocycles. The van der Waals surface area contributed by atoms with Crippen LogP contribution >= 0.6 is 0 Å². The predicted molar refractivity (Wildman–Crippen MR) is 92.5 cm³/mol. The van der Waals surface area contributed by atoms with Gasteiger partial charge in [-0.05, 0) is 55.2 Å². The number of nitrogens with one attached hydrogen (secondary N) is 2. The van der Waals surface area contributed by atoms with Gasteiger partial charge in [-0.1, -0.05) is 13.0 Å². The van der Waals surface area contributed by atoms with E-state index >= 15 is 0 Å². The van der Waals surface area contributed by atoms with Crippen LogP contribution in [0.4, 0.5) is 4.39 Å². The van der Waals surface area contributed by atoms with Gasteiger partial charge in [0.25, 0.3) is 5.91 Å². The lowest BCUT2D eigenvalue weighted by molar-refractivity contribution is 0.0948. The molecule has 0 radical (unpaired) electrons. The highest BCUT2D eigenvalue weighted by Gasteiger charge is 2.16. The first-order chi connectivity index (χ1) is 11.7. The highest BCUT2D eigenvalue weighted by Crippen LogP contribution is 2.24. The van der Waals surface area contributed by atoms with Gasteiger partial charge >= 0.3 is 0 Å². The number of halogens is 1. The molecule has 0 aliphatic heterocycles. The number of aryl methyl sites for hydroxylation is 2. The zero-order chi connectivity index (χ0) is 16.9. The van der Waals surface area contributed by atoms with Crippen LogP contribution < -0.4 is 5.32 Å². The van der Waals surface area contributed by atoms with E-state index in [1.807, 2.05) is 25.1 Å². The van der Waals surface area contributed by atoms with E-state index in [4.69, 9.17) is 0 Å². The Morgan fingerprint density at radius 3 is 2.92 bits per heavy atom. The Morgan fingerprint density at radius 1 is 1.29 bits per heavy atom. The van der Waals surface area contributed by atoms with Crippen molar-refractivity contribution in [3.63, 3.8) is 0 Å². The van der Waals surface area contributed by atoms with Crippen LogP contribution in [0.2, 0.25) is 0 Å². The Balaban J connectivity index is 1.65. The molecule has 124 valence electrons. The summed E-state index contributed by atoms with van der Waals surface area (Å²) in [6.07, 6.45) is 4.07. The van der Waals surface area contributed by atoms with Gasteiger partial charge in [0.1, 0.15) is 11.5 Å². The number of pyridine rings is 1. The topological polar surface area (TPSA) is 57.8 Å². The van der Waals surface area contributed by atoms with E-state index in [1.54, 1.807) is 12.3 Å². The normalized spacial score (nSPS) is 10.9. The number of amides is 1. The molecular formula is C19H20FN3O. The quantitative estimate of drug-likeness (QED) is 0.680. The Kier molecular flexibility index (Phi) is 4.89. The predicted octanol–water partition coefficient (Wildman–Crippen LogP) is 3.63. The minimum Gasteiger partial charge on any atom is -0.351 e. The zero-order valence-corrected chi connectivity index (χ0v) is 13.6. The Labute approximate surface area is 140 Å². The number of carbonyl (C=O) groups is 1. The molecule has 3 rings (SSSR count). The fraction of sp³-hybridized carbons (Fsp3) is 0.263. The van der Waals surface area contributed by atoms with Crippen molar-refractivity contribution in [3.8, 4) is 0 Å². The third kappa shape index (κ3) is 3.45. The van der Waals surface area contributed by atoms with Crippen molar-refractivity contribution in [1.82, 2.24) is 15.3 Å². The molecule has 5 heteroatoms. The number of benzene rings is 1. The molecule has 2 aromatic heterocycles. The van der Waals surface area contributed by atoms with Gasteiger partial charge in [0.2, 0.25) is 0 Å². The van der Waals surface area contributed by atoms with E-state index in [1.165, 1.54) is 12.1 Å². The highest BCUT2D eigenvalue weighted by molar-refractivity contribution is 6.01. The number of carbonyl (C=O) groups excluding carboxylic acids is 1. The summed E-state index contributed by atoms with van der Waals surface area (Å²) in [6.45, 7) is 2.54.